The van der Waals surface area contributed by atoms with Crippen LogP contribution in [0.1, 0.15) is 34.1 Å². The van der Waals surface area contributed by atoms with Gasteiger partial charge in [-0.2, -0.15) is 5.26 Å². The fraction of sp³-hybridized carbons (Fsp3) is 0.333. The molecule has 1 aliphatic heterocycles. The first-order valence-corrected chi connectivity index (χ1v) is 11.9. The minimum Gasteiger partial charge on any atom is -0.462 e. The first-order valence-electron chi connectivity index (χ1n) is 9.88. The SMILES string of the molecule is CCOC(=O)c1cc(C#N)c(N2CC(C(=O)NS(=O)(=O)Cc3ccccc3Cl)C2)nc1CF. The van der Waals surface area contributed by atoms with Crippen molar-refractivity contribution in [3.63, 3.8) is 0 Å². The van der Waals surface area contributed by atoms with E-state index < -0.39 is 40.2 Å². The summed E-state index contributed by atoms with van der Waals surface area (Å²) in [5.41, 5.74) is 0.0521. The van der Waals surface area contributed by atoms with E-state index in [0.29, 0.717) is 5.56 Å². The lowest BCUT2D eigenvalue weighted by atomic mass is 9.98. The lowest BCUT2D eigenvalue weighted by molar-refractivity contribution is -0.123. The highest BCUT2D eigenvalue weighted by molar-refractivity contribution is 7.89. The van der Waals surface area contributed by atoms with E-state index in [9.17, 15) is 27.7 Å². The molecule has 1 aromatic heterocycles. The summed E-state index contributed by atoms with van der Waals surface area (Å²) in [5.74, 6) is -2.51. The highest BCUT2D eigenvalue weighted by Gasteiger charge is 2.37. The van der Waals surface area contributed by atoms with Crippen molar-refractivity contribution in [2.45, 2.75) is 19.4 Å². The average Bonchev–Trinajstić information content (AvgIpc) is 2.73. The molecular formula is C21H20ClFN4O5S. The molecule has 0 aliphatic carbocycles. The number of alkyl halides is 1. The van der Waals surface area contributed by atoms with Gasteiger partial charge in [0.15, 0.2) is 0 Å². The highest BCUT2D eigenvalue weighted by atomic mass is 35.5. The molecule has 1 fully saturated rings. The molecule has 1 aromatic carbocycles. The van der Waals surface area contributed by atoms with Crippen molar-refractivity contribution in [1.29, 1.82) is 5.26 Å². The third-order valence-corrected chi connectivity index (χ3v) is 6.51. The van der Waals surface area contributed by atoms with Gasteiger partial charge in [0, 0.05) is 18.1 Å². The van der Waals surface area contributed by atoms with E-state index in [4.69, 9.17) is 16.3 Å². The second kappa shape index (κ2) is 10.1. The maximum Gasteiger partial charge on any atom is 0.340 e. The van der Waals surface area contributed by atoms with Crippen molar-refractivity contribution in [3.8, 4) is 6.07 Å². The summed E-state index contributed by atoms with van der Waals surface area (Å²) in [6.07, 6.45) is 0. The summed E-state index contributed by atoms with van der Waals surface area (Å²) >= 11 is 5.98. The zero-order chi connectivity index (χ0) is 24.2. The monoisotopic (exact) mass is 494 g/mol. The third kappa shape index (κ3) is 5.58. The van der Waals surface area contributed by atoms with Crippen LogP contribution in [-0.2, 0) is 32.0 Å². The maximum atomic E-state index is 13.5. The van der Waals surface area contributed by atoms with E-state index in [2.05, 4.69) is 4.98 Å². The molecule has 1 N–H and O–H groups in total. The van der Waals surface area contributed by atoms with Crippen LogP contribution < -0.4 is 9.62 Å². The van der Waals surface area contributed by atoms with Crippen molar-refractivity contribution in [3.05, 3.63) is 57.7 Å². The van der Waals surface area contributed by atoms with Crippen molar-refractivity contribution < 1.29 is 27.1 Å². The molecule has 2 heterocycles. The molecule has 0 bridgehead atoms. The summed E-state index contributed by atoms with van der Waals surface area (Å²) in [7, 11) is -3.98. The number of sulfonamides is 1. The number of rotatable bonds is 8. The Balaban J connectivity index is 1.69. The first-order chi connectivity index (χ1) is 15.7. The Morgan fingerprint density at radius 1 is 1.36 bits per heavy atom. The number of nitriles is 1. The number of carbonyl (C=O) groups excluding carboxylic acids is 2. The van der Waals surface area contributed by atoms with Gasteiger partial charge in [0.05, 0.1) is 35.1 Å². The molecule has 33 heavy (non-hydrogen) atoms. The second-order valence-corrected chi connectivity index (χ2v) is 9.37. The topological polar surface area (TPSA) is 129 Å². The van der Waals surface area contributed by atoms with Gasteiger partial charge >= 0.3 is 5.97 Å². The van der Waals surface area contributed by atoms with Crippen LogP contribution in [0.4, 0.5) is 10.2 Å². The second-order valence-electron chi connectivity index (χ2n) is 7.24. The number of carbonyl (C=O) groups is 2. The number of hydrogen-bond donors (Lipinski definition) is 1. The van der Waals surface area contributed by atoms with Crippen molar-refractivity contribution >= 4 is 39.3 Å². The first kappa shape index (κ1) is 24.4. The standard InChI is InChI=1S/C21H20ClFN4O5S/c1-2-32-21(29)16-7-14(9-24)19(25-18(16)8-23)27-10-15(11-27)20(28)26-33(30,31)12-13-5-3-4-6-17(13)22/h3-7,15H,2,8,10-12H2,1H3,(H,26,28). The number of nitrogens with zero attached hydrogens (tertiary/aromatic N) is 3. The molecule has 174 valence electrons. The molecule has 1 saturated heterocycles. The van der Waals surface area contributed by atoms with E-state index >= 15 is 0 Å². The van der Waals surface area contributed by atoms with E-state index in [-0.39, 0.29) is 47.4 Å². The summed E-state index contributed by atoms with van der Waals surface area (Å²) < 4.78 is 45.1. The third-order valence-electron chi connectivity index (χ3n) is 4.94. The Hall–Kier alpha value is -3.23. The Kier molecular flexibility index (Phi) is 7.50. The fourth-order valence-corrected chi connectivity index (χ4v) is 4.75. The molecule has 9 nitrogen and oxygen atoms in total. The molecule has 0 radical (unpaired) electrons. The minimum absolute atomic E-state index is 0.0143. The number of pyridine rings is 1. The molecule has 1 aliphatic rings. The molecule has 2 aromatic rings. The van der Waals surface area contributed by atoms with Gasteiger partial charge in [-0.3, -0.25) is 9.52 Å². The van der Waals surface area contributed by atoms with Crippen molar-refractivity contribution in [2.75, 3.05) is 24.6 Å². The van der Waals surface area contributed by atoms with E-state index in [1.54, 1.807) is 31.2 Å². The molecule has 3 rings (SSSR count). The number of nitrogens with one attached hydrogen (secondary N) is 1. The van der Waals surface area contributed by atoms with Gasteiger partial charge in [-0.05, 0) is 24.6 Å². The summed E-state index contributed by atoms with van der Waals surface area (Å²) in [5, 5.41) is 9.72. The summed E-state index contributed by atoms with van der Waals surface area (Å²) in [6.45, 7) is 0.764. The largest absolute Gasteiger partial charge is 0.462 e. The Bertz CT molecular complexity index is 1230. The molecule has 0 unspecified atom stereocenters. The summed E-state index contributed by atoms with van der Waals surface area (Å²) in [4.78, 5) is 30.1. The van der Waals surface area contributed by atoms with E-state index in [1.165, 1.54) is 11.0 Å². The number of ether oxygens (including phenoxy) is 1. The lowest BCUT2D eigenvalue weighted by Gasteiger charge is -2.39. The summed E-state index contributed by atoms with van der Waals surface area (Å²) in [6, 6.07) is 9.52. The van der Waals surface area contributed by atoms with Crippen LogP contribution in [0, 0.1) is 17.2 Å². The Morgan fingerprint density at radius 3 is 2.67 bits per heavy atom. The van der Waals surface area contributed by atoms with Gasteiger partial charge in [-0.25, -0.2) is 22.6 Å². The Labute approximate surface area is 195 Å². The van der Waals surface area contributed by atoms with Crippen LogP contribution in [0.25, 0.3) is 0 Å². The predicted molar refractivity (Wildman–Crippen MR) is 118 cm³/mol. The van der Waals surface area contributed by atoms with Crippen molar-refractivity contribution in [2.24, 2.45) is 5.92 Å². The van der Waals surface area contributed by atoms with Gasteiger partial charge in [0.1, 0.15) is 18.6 Å². The van der Waals surface area contributed by atoms with Crippen LogP contribution in [0.2, 0.25) is 5.02 Å². The Morgan fingerprint density at radius 2 is 2.06 bits per heavy atom. The fourth-order valence-electron chi connectivity index (χ4n) is 3.26. The molecule has 0 atom stereocenters. The van der Waals surface area contributed by atoms with Crippen LogP contribution >= 0.6 is 11.6 Å². The minimum atomic E-state index is -3.98. The molecule has 12 heteroatoms. The quantitative estimate of drug-likeness (QED) is 0.553. The van der Waals surface area contributed by atoms with Crippen LogP contribution in [0.15, 0.2) is 30.3 Å². The zero-order valence-corrected chi connectivity index (χ0v) is 19.1. The smallest absolute Gasteiger partial charge is 0.340 e. The number of amides is 1. The molecular weight excluding hydrogens is 475 g/mol. The van der Waals surface area contributed by atoms with Gasteiger partial charge in [-0.15, -0.1) is 0 Å². The van der Waals surface area contributed by atoms with Crippen molar-refractivity contribution in [1.82, 2.24) is 9.71 Å². The van der Waals surface area contributed by atoms with Gasteiger partial charge < -0.3 is 9.64 Å². The highest BCUT2D eigenvalue weighted by Crippen LogP contribution is 2.29. The molecule has 0 spiro atoms. The number of anilines is 1. The predicted octanol–water partition coefficient (Wildman–Crippen LogP) is 2.34. The van der Waals surface area contributed by atoms with E-state index in [0.717, 1.165) is 0 Å². The van der Waals surface area contributed by atoms with E-state index in [1.807, 2.05) is 10.8 Å². The van der Waals surface area contributed by atoms with Gasteiger partial charge in [0.25, 0.3) is 0 Å². The van der Waals surface area contributed by atoms with Crippen LogP contribution in [-0.4, -0.2) is 45.0 Å². The number of aromatic nitrogens is 1. The zero-order valence-electron chi connectivity index (χ0n) is 17.5. The lowest BCUT2D eigenvalue weighted by Crippen LogP contribution is -2.55. The molecule has 1 amide bonds. The average molecular weight is 495 g/mol. The number of benzene rings is 1. The maximum absolute atomic E-state index is 13.5. The van der Waals surface area contributed by atoms with Crippen LogP contribution in [0.5, 0.6) is 0 Å². The van der Waals surface area contributed by atoms with Crippen LogP contribution in [0.3, 0.4) is 0 Å². The normalized spacial score (nSPS) is 13.7. The number of esters is 1. The van der Waals surface area contributed by atoms with Gasteiger partial charge in [-0.1, -0.05) is 29.8 Å². The molecule has 0 saturated carbocycles. The number of hydrogen-bond acceptors (Lipinski definition) is 8. The number of halogens is 2. The van der Waals surface area contributed by atoms with Gasteiger partial charge in [0.2, 0.25) is 15.9 Å².